The number of hydrogen-bond donors (Lipinski definition) is 1. The molecule has 2 aliphatic heterocycles. The van der Waals surface area contributed by atoms with E-state index in [2.05, 4.69) is 5.32 Å². The molecule has 0 aromatic carbocycles. The molecule has 19 heavy (non-hydrogen) atoms. The normalized spacial score (nSPS) is 27.8. The zero-order valence-electron chi connectivity index (χ0n) is 11.3. The van der Waals surface area contributed by atoms with Crippen molar-refractivity contribution < 1.29 is 18.0 Å². The lowest BCUT2D eigenvalue weighted by atomic mass is 10.0. The first-order valence-corrected chi connectivity index (χ1v) is 8.36. The van der Waals surface area contributed by atoms with Gasteiger partial charge in [-0.25, -0.2) is 8.42 Å². The fourth-order valence-electron chi connectivity index (χ4n) is 2.68. The second-order valence-electron chi connectivity index (χ2n) is 5.80. The van der Waals surface area contributed by atoms with Crippen molar-refractivity contribution in [3.63, 3.8) is 0 Å². The van der Waals surface area contributed by atoms with Gasteiger partial charge in [-0.15, -0.1) is 0 Å². The van der Waals surface area contributed by atoms with Crippen LogP contribution in [0.25, 0.3) is 0 Å². The quantitative estimate of drug-likeness (QED) is 0.717. The van der Waals surface area contributed by atoms with Crippen LogP contribution in [0.15, 0.2) is 0 Å². The van der Waals surface area contributed by atoms with E-state index < -0.39 is 15.4 Å². The van der Waals surface area contributed by atoms with Crippen LogP contribution < -0.4 is 5.32 Å². The number of carbonyl (C=O) groups excluding carboxylic acids is 2. The Morgan fingerprint density at radius 2 is 1.79 bits per heavy atom. The van der Waals surface area contributed by atoms with Gasteiger partial charge in [-0.1, -0.05) is 0 Å². The molecule has 2 aliphatic rings. The summed E-state index contributed by atoms with van der Waals surface area (Å²) in [5, 5.41) is 2.70. The standard InChI is InChI=1S/C12H20N2O4S/c1-12(2)11(16)14(6-3-10(15)13-12)9-4-7-19(17,18)8-5-9/h9H,3-8H2,1-2H3,(H,13,15). The van der Waals surface area contributed by atoms with Gasteiger partial charge in [0.05, 0.1) is 11.5 Å². The minimum Gasteiger partial charge on any atom is -0.342 e. The number of amides is 2. The lowest BCUT2D eigenvalue weighted by Crippen LogP contribution is -2.56. The predicted molar refractivity (Wildman–Crippen MR) is 70.2 cm³/mol. The molecule has 6 nitrogen and oxygen atoms in total. The fraction of sp³-hybridized carbons (Fsp3) is 0.833. The van der Waals surface area contributed by atoms with Gasteiger partial charge < -0.3 is 10.2 Å². The third-order valence-electron chi connectivity index (χ3n) is 3.79. The highest BCUT2D eigenvalue weighted by Crippen LogP contribution is 2.23. The summed E-state index contributed by atoms with van der Waals surface area (Å²) in [6.45, 7) is 3.75. The molecule has 0 atom stereocenters. The number of rotatable bonds is 1. The topological polar surface area (TPSA) is 83.6 Å². The summed E-state index contributed by atoms with van der Waals surface area (Å²) >= 11 is 0. The Hall–Kier alpha value is -1.11. The van der Waals surface area contributed by atoms with Gasteiger partial charge in [0.15, 0.2) is 0 Å². The molecule has 0 aromatic rings. The molecular weight excluding hydrogens is 268 g/mol. The zero-order valence-corrected chi connectivity index (χ0v) is 12.1. The van der Waals surface area contributed by atoms with E-state index in [4.69, 9.17) is 0 Å². The first-order chi connectivity index (χ1) is 8.71. The molecule has 1 N–H and O–H groups in total. The van der Waals surface area contributed by atoms with Crippen LogP contribution in [0.5, 0.6) is 0 Å². The highest BCUT2D eigenvalue weighted by molar-refractivity contribution is 7.91. The molecule has 2 saturated heterocycles. The maximum absolute atomic E-state index is 12.4. The average molecular weight is 288 g/mol. The minimum atomic E-state index is -2.94. The van der Waals surface area contributed by atoms with E-state index in [-0.39, 0.29) is 35.8 Å². The van der Waals surface area contributed by atoms with E-state index in [9.17, 15) is 18.0 Å². The van der Waals surface area contributed by atoms with Crippen molar-refractivity contribution in [3.05, 3.63) is 0 Å². The largest absolute Gasteiger partial charge is 0.342 e. The van der Waals surface area contributed by atoms with Crippen molar-refractivity contribution >= 4 is 21.7 Å². The molecular formula is C12H20N2O4S. The molecule has 2 amide bonds. The third kappa shape index (κ3) is 3.08. The van der Waals surface area contributed by atoms with Crippen LogP contribution in [0.4, 0.5) is 0 Å². The smallest absolute Gasteiger partial charge is 0.248 e. The molecule has 0 spiro atoms. The monoisotopic (exact) mass is 288 g/mol. The highest BCUT2D eigenvalue weighted by atomic mass is 32.2. The summed E-state index contributed by atoms with van der Waals surface area (Å²) in [4.78, 5) is 25.7. The van der Waals surface area contributed by atoms with Crippen molar-refractivity contribution in [2.75, 3.05) is 18.1 Å². The van der Waals surface area contributed by atoms with Crippen LogP contribution >= 0.6 is 0 Å². The van der Waals surface area contributed by atoms with Crippen LogP contribution in [0.2, 0.25) is 0 Å². The molecule has 2 rings (SSSR count). The third-order valence-corrected chi connectivity index (χ3v) is 5.51. The highest BCUT2D eigenvalue weighted by Gasteiger charge is 2.40. The lowest BCUT2D eigenvalue weighted by Gasteiger charge is -2.36. The van der Waals surface area contributed by atoms with Gasteiger partial charge in [-0.2, -0.15) is 0 Å². The van der Waals surface area contributed by atoms with E-state index in [1.807, 2.05) is 0 Å². The van der Waals surface area contributed by atoms with Gasteiger partial charge in [0.2, 0.25) is 11.8 Å². The van der Waals surface area contributed by atoms with E-state index in [1.54, 1.807) is 18.7 Å². The second-order valence-corrected chi connectivity index (χ2v) is 8.11. The molecule has 0 radical (unpaired) electrons. The summed E-state index contributed by atoms with van der Waals surface area (Å²) in [5.74, 6) is -0.00102. The Morgan fingerprint density at radius 3 is 2.37 bits per heavy atom. The Balaban J connectivity index is 2.15. The number of carbonyl (C=O) groups is 2. The molecule has 0 aromatic heterocycles. The number of nitrogens with zero attached hydrogens (tertiary/aromatic N) is 1. The Kier molecular flexibility index (Phi) is 3.59. The number of nitrogens with one attached hydrogen (secondary N) is 1. The molecule has 2 fully saturated rings. The van der Waals surface area contributed by atoms with Crippen LogP contribution in [-0.4, -0.2) is 54.8 Å². The maximum Gasteiger partial charge on any atom is 0.248 e. The summed E-state index contributed by atoms with van der Waals surface area (Å²) in [6.07, 6.45) is 1.22. The van der Waals surface area contributed by atoms with E-state index in [0.717, 1.165) is 0 Å². The zero-order chi connectivity index (χ0) is 14.3. The molecule has 0 aliphatic carbocycles. The van der Waals surface area contributed by atoms with Crippen molar-refractivity contribution in [1.82, 2.24) is 10.2 Å². The number of sulfone groups is 1. The first-order valence-electron chi connectivity index (χ1n) is 6.54. The SMILES string of the molecule is CC1(C)NC(=O)CCN(C2CCS(=O)(=O)CC2)C1=O. The molecule has 2 heterocycles. The maximum atomic E-state index is 12.4. The molecule has 0 unspecified atom stereocenters. The average Bonchev–Trinajstić information content (AvgIpc) is 2.38. The van der Waals surface area contributed by atoms with Crippen molar-refractivity contribution in [3.8, 4) is 0 Å². The van der Waals surface area contributed by atoms with E-state index >= 15 is 0 Å². The molecule has 0 saturated carbocycles. The van der Waals surface area contributed by atoms with Gasteiger partial charge >= 0.3 is 0 Å². The van der Waals surface area contributed by atoms with Gasteiger partial charge in [0.1, 0.15) is 15.4 Å². The summed E-state index contributed by atoms with van der Waals surface area (Å²) < 4.78 is 22.9. The van der Waals surface area contributed by atoms with Crippen LogP contribution in [0.3, 0.4) is 0 Å². The lowest BCUT2D eigenvalue weighted by molar-refractivity contribution is -0.139. The van der Waals surface area contributed by atoms with Gasteiger partial charge in [-0.3, -0.25) is 9.59 Å². The molecule has 108 valence electrons. The van der Waals surface area contributed by atoms with Crippen LogP contribution in [-0.2, 0) is 19.4 Å². The fourth-order valence-corrected chi connectivity index (χ4v) is 4.15. The van der Waals surface area contributed by atoms with E-state index in [1.165, 1.54) is 0 Å². The van der Waals surface area contributed by atoms with Crippen LogP contribution in [0.1, 0.15) is 33.1 Å². The summed E-state index contributed by atoms with van der Waals surface area (Å²) in [5.41, 5.74) is -0.913. The number of hydrogen-bond acceptors (Lipinski definition) is 4. The molecule has 7 heteroatoms. The van der Waals surface area contributed by atoms with Gasteiger partial charge in [0, 0.05) is 19.0 Å². The second kappa shape index (κ2) is 4.77. The van der Waals surface area contributed by atoms with Crippen molar-refractivity contribution in [1.29, 1.82) is 0 Å². The van der Waals surface area contributed by atoms with Crippen molar-refractivity contribution in [2.45, 2.75) is 44.7 Å². The molecule has 0 bridgehead atoms. The van der Waals surface area contributed by atoms with E-state index in [0.29, 0.717) is 19.4 Å². The van der Waals surface area contributed by atoms with Gasteiger partial charge in [0.25, 0.3) is 0 Å². The first kappa shape index (κ1) is 14.3. The Bertz CT molecular complexity index is 484. The summed E-state index contributed by atoms with van der Waals surface area (Å²) in [7, 11) is -2.94. The van der Waals surface area contributed by atoms with Crippen molar-refractivity contribution in [2.24, 2.45) is 0 Å². The Morgan fingerprint density at radius 1 is 1.21 bits per heavy atom. The van der Waals surface area contributed by atoms with Crippen LogP contribution in [0, 0.1) is 0 Å². The Labute approximate surface area is 113 Å². The minimum absolute atomic E-state index is 0.0667. The predicted octanol–water partition coefficient (Wildman–Crippen LogP) is -0.309. The summed E-state index contributed by atoms with van der Waals surface area (Å²) in [6, 6.07) is -0.0667. The van der Waals surface area contributed by atoms with Gasteiger partial charge in [-0.05, 0) is 26.7 Å².